The Morgan fingerprint density at radius 3 is 2.39 bits per heavy atom. The van der Waals surface area contributed by atoms with Crippen molar-refractivity contribution in [3.8, 4) is 0 Å². The standard InChI is InChI=1S/C11H20O7/c12-3-6-1-8(5-16-6)18-11-10(15)9(14)2-7(4-13)17-11/h6-15H,1-5H2/t6?,7-,8?,9?,10-,11?/m1/s1. The van der Waals surface area contributed by atoms with Crippen molar-refractivity contribution in [2.45, 2.75) is 49.7 Å². The summed E-state index contributed by atoms with van der Waals surface area (Å²) in [7, 11) is 0. The van der Waals surface area contributed by atoms with Crippen molar-refractivity contribution >= 4 is 0 Å². The van der Waals surface area contributed by atoms with Crippen LogP contribution in [-0.4, -0.2) is 77.1 Å². The molecule has 0 bridgehead atoms. The monoisotopic (exact) mass is 264 g/mol. The Hall–Kier alpha value is -0.280. The van der Waals surface area contributed by atoms with E-state index in [-0.39, 0.29) is 31.8 Å². The molecule has 2 aliphatic rings. The third-order valence-electron chi connectivity index (χ3n) is 3.28. The third kappa shape index (κ3) is 3.18. The maximum Gasteiger partial charge on any atom is 0.186 e. The van der Waals surface area contributed by atoms with E-state index in [1.54, 1.807) is 0 Å². The Morgan fingerprint density at radius 1 is 1.06 bits per heavy atom. The smallest absolute Gasteiger partial charge is 0.186 e. The molecule has 0 amide bonds. The Balaban J connectivity index is 1.87. The summed E-state index contributed by atoms with van der Waals surface area (Å²) in [5, 5.41) is 37.3. The van der Waals surface area contributed by atoms with E-state index < -0.39 is 24.6 Å². The lowest BCUT2D eigenvalue weighted by molar-refractivity contribution is -0.283. The van der Waals surface area contributed by atoms with E-state index in [9.17, 15) is 10.2 Å². The van der Waals surface area contributed by atoms with Crippen LogP contribution in [-0.2, 0) is 14.2 Å². The van der Waals surface area contributed by atoms with Crippen molar-refractivity contribution in [3.63, 3.8) is 0 Å². The van der Waals surface area contributed by atoms with Gasteiger partial charge in [-0.1, -0.05) is 0 Å². The summed E-state index contributed by atoms with van der Waals surface area (Å²) < 4.78 is 16.1. The minimum atomic E-state index is -1.14. The minimum Gasteiger partial charge on any atom is -0.394 e. The van der Waals surface area contributed by atoms with Gasteiger partial charge < -0.3 is 34.6 Å². The van der Waals surface area contributed by atoms with Gasteiger partial charge in [-0.2, -0.15) is 0 Å². The molecule has 0 aromatic carbocycles. The molecule has 2 rings (SSSR count). The first-order valence-electron chi connectivity index (χ1n) is 6.14. The molecule has 6 atom stereocenters. The van der Waals surface area contributed by atoms with Crippen LogP contribution in [0.2, 0.25) is 0 Å². The summed E-state index contributed by atoms with van der Waals surface area (Å²) in [5.74, 6) is 0. The van der Waals surface area contributed by atoms with Gasteiger partial charge in [-0.25, -0.2) is 0 Å². The molecule has 2 fully saturated rings. The molecule has 0 aromatic heterocycles. The molecule has 7 nitrogen and oxygen atoms in total. The van der Waals surface area contributed by atoms with Crippen molar-refractivity contribution in [1.29, 1.82) is 0 Å². The van der Waals surface area contributed by atoms with Crippen molar-refractivity contribution in [2.24, 2.45) is 0 Å². The molecule has 0 aromatic rings. The van der Waals surface area contributed by atoms with Crippen LogP contribution in [0, 0.1) is 0 Å². The number of hydrogen-bond acceptors (Lipinski definition) is 7. The maximum absolute atomic E-state index is 9.76. The Kier molecular flexibility index (Phi) is 4.91. The zero-order valence-corrected chi connectivity index (χ0v) is 10.0. The van der Waals surface area contributed by atoms with Crippen LogP contribution in [0.15, 0.2) is 0 Å². The largest absolute Gasteiger partial charge is 0.394 e. The van der Waals surface area contributed by atoms with Crippen molar-refractivity contribution in [1.82, 2.24) is 0 Å². The summed E-state index contributed by atoms with van der Waals surface area (Å²) in [6, 6.07) is 0. The summed E-state index contributed by atoms with van der Waals surface area (Å²) >= 11 is 0. The van der Waals surface area contributed by atoms with Crippen LogP contribution in [0.5, 0.6) is 0 Å². The highest BCUT2D eigenvalue weighted by Gasteiger charge is 2.39. The van der Waals surface area contributed by atoms with Gasteiger partial charge in [0.2, 0.25) is 0 Å². The predicted octanol–water partition coefficient (Wildman–Crippen LogP) is -2.02. The summed E-state index contributed by atoms with van der Waals surface area (Å²) in [6.45, 7) is 0.0115. The molecular weight excluding hydrogens is 244 g/mol. The van der Waals surface area contributed by atoms with Gasteiger partial charge in [-0.3, -0.25) is 0 Å². The number of ether oxygens (including phenoxy) is 3. The molecule has 0 saturated carbocycles. The zero-order valence-electron chi connectivity index (χ0n) is 10.0. The third-order valence-corrected chi connectivity index (χ3v) is 3.28. The van der Waals surface area contributed by atoms with Crippen LogP contribution in [0.4, 0.5) is 0 Å². The summed E-state index contributed by atoms with van der Waals surface area (Å²) in [6.07, 6.45) is -3.47. The van der Waals surface area contributed by atoms with Gasteiger partial charge in [0.1, 0.15) is 6.10 Å². The number of hydrogen-bond donors (Lipinski definition) is 4. The molecule has 0 radical (unpaired) electrons. The quantitative estimate of drug-likeness (QED) is 0.464. The minimum absolute atomic E-state index is 0.0736. The first-order valence-corrected chi connectivity index (χ1v) is 6.14. The molecule has 7 heteroatoms. The van der Waals surface area contributed by atoms with Gasteiger partial charge in [0.15, 0.2) is 6.29 Å². The van der Waals surface area contributed by atoms with Gasteiger partial charge >= 0.3 is 0 Å². The van der Waals surface area contributed by atoms with E-state index in [0.29, 0.717) is 13.0 Å². The molecule has 0 spiro atoms. The molecule has 4 unspecified atom stereocenters. The number of aliphatic hydroxyl groups excluding tert-OH is 4. The van der Waals surface area contributed by atoms with E-state index in [0.717, 1.165) is 0 Å². The number of rotatable bonds is 4. The van der Waals surface area contributed by atoms with Gasteiger partial charge in [0, 0.05) is 12.8 Å². The van der Waals surface area contributed by atoms with Crippen molar-refractivity contribution in [2.75, 3.05) is 19.8 Å². The van der Waals surface area contributed by atoms with Crippen LogP contribution < -0.4 is 0 Å². The maximum atomic E-state index is 9.76. The van der Waals surface area contributed by atoms with Gasteiger partial charge in [-0.05, 0) is 0 Å². The molecule has 2 aliphatic heterocycles. The van der Waals surface area contributed by atoms with Crippen LogP contribution in [0.1, 0.15) is 12.8 Å². The fourth-order valence-electron chi connectivity index (χ4n) is 2.23. The van der Waals surface area contributed by atoms with E-state index in [4.69, 9.17) is 24.4 Å². The zero-order chi connectivity index (χ0) is 13.1. The highest BCUT2D eigenvalue weighted by atomic mass is 16.7. The fraction of sp³-hybridized carbons (Fsp3) is 1.00. The van der Waals surface area contributed by atoms with Gasteiger partial charge in [-0.15, -0.1) is 0 Å². The van der Waals surface area contributed by atoms with E-state index in [2.05, 4.69) is 0 Å². The normalized spacial score (nSPS) is 45.3. The van der Waals surface area contributed by atoms with Crippen LogP contribution >= 0.6 is 0 Å². The van der Waals surface area contributed by atoms with Crippen molar-refractivity contribution in [3.05, 3.63) is 0 Å². The molecule has 4 N–H and O–H groups in total. The highest BCUT2D eigenvalue weighted by Crippen LogP contribution is 2.25. The second-order valence-corrected chi connectivity index (χ2v) is 4.73. The average molecular weight is 264 g/mol. The SMILES string of the molecule is OCC1CC(OC2O[C@@H](CO)CC(O)[C@H]2O)CO1. The van der Waals surface area contributed by atoms with Crippen LogP contribution in [0.25, 0.3) is 0 Å². The first-order chi connectivity index (χ1) is 8.63. The lowest BCUT2D eigenvalue weighted by Crippen LogP contribution is -2.51. The summed E-state index contributed by atoms with van der Waals surface area (Å²) in [5.41, 5.74) is 0. The highest BCUT2D eigenvalue weighted by molar-refractivity contribution is 4.83. The summed E-state index contributed by atoms with van der Waals surface area (Å²) in [4.78, 5) is 0. The Labute approximate surface area is 105 Å². The molecule has 2 heterocycles. The van der Waals surface area contributed by atoms with E-state index in [1.807, 2.05) is 0 Å². The second kappa shape index (κ2) is 6.25. The average Bonchev–Trinajstić information content (AvgIpc) is 2.82. The lowest BCUT2D eigenvalue weighted by atomic mass is 10.0. The van der Waals surface area contributed by atoms with Crippen LogP contribution in [0.3, 0.4) is 0 Å². The molecule has 2 saturated heterocycles. The first kappa shape index (κ1) is 14.1. The predicted molar refractivity (Wildman–Crippen MR) is 58.7 cm³/mol. The molecular formula is C11H20O7. The Bertz CT molecular complexity index is 262. The van der Waals surface area contributed by atoms with Gasteiger partial charge in [0.05, 0.1) is 44.2 Å². The van der Waals surface area contributed by atoms with Crippen molar-refractivity contribution < 1.29 is 34.6 Å². The molecule has 0 aliphatic carbocycles. The lowest BCUT2D eigenvalue weighted by Gasteiger charge is -2.37. The second-order valence-electron chi connectivity index (χ2n) is 4.73. The van der Waals surface area contributed by atoms with E-state index >= 15 is 0 Å². The fourth-order valence-corrected chi connectivity index (χ4v) is 2.23. The topological polar surface area (TPSA) is 109 Å². The Morgan fingerprint density at radius 2 is 1.78 bits per heavy atom. The number of aliphatic hydroxyl groups is 4. The molecule has 106 valence electrons. The molecule has 18 heavy (non-hydrogen) atoms. The van der Waals surface area contributed by atoms with E-state index in [1.165, 1.54) is 0 Å². The van der Waals surface area contributed by atoms with Gasteiger partial charge in [0.25, 0.3) is 0 Å².